The summed E-state index contributed by atoms with van der Waals surface area (Å²) in [4.78, 5) is 2.75. The van der Waals surface area contributed by atoms with Crippen LogP contribution in [0.25, 0.3) is 0 Å². The summed E-state index contributed by atoms with van der Waals surface area (Å²) in [5, 5.41) is 3.59. The predicted octanol–water partition coefficient (Wildman–Crippen LogP) is 3.14. The zero-order chi connectivity index (χ0) is 13.1. The lowest BCUT2D eigenvalue weighted by atomic mass is 9.83. The lowest BCUT2D eigenvalue weighted by Crippen LogP contribution is -2.46. The van der Waals surface area contributed by atoms with Crippen LogP contribution in [-0.2, 0) is 6.42 Å². The molecule has 0 bridgehead atoms. The van der Waals surface area contributed by atoms with Gasteiger partial charge in [0, 0.05) is 12.1 Å². The van der Waals surface area contributed by atoms with Crippen molar-refractivity contribution in [3.05, 3.63) is 35.4 Å². The van der Waals surface area contributed by atoms with Crippen molar-refractivity contribution in [1.29, 1.82) is 0 Å². The van der Waals surface area contributed by atoms with Crippen LogP contribution in [0.15, 0.2) is 24.3 Å². The smallest absolute Gasteiger partial charge is 0.0478 e. The summed E-state index contributed by atoms with van der Waals surface area (Å²) in [6.07, 6.45) is 8.16. The standard InChI is InChI=1S/C17H26N2/c1-18-17-15-9-5-4-8-14(15)10-11-16(17)19-12-6-2-3-7-13-19/h4-5,8-9,16-18H,2-3,6-7,10-13H2,1H3. The van der Waals surface area contributed by atoms with Gasteiger partial charge in [-0.2, -0.15) is 0 Å². The van der Waals surface area contributed by atoms with Crippen LogP contribution in [0.2, 0.25) is 0 Å². The van der Waals surface area contributed by atoms with Crippen molar-refractivity contribution in [2.75, 3.05) is 20.1 Å². The van der Waals surface area contributed by atoms with Gasteiger partial charge in [-0.15, -0.1) is 0 Å². The third-order valence-corrected chi connectivity index (χ3v) is 4.91. The summed E-state index contributed by atoms with van der Waals surface area (Å²) in [6.45, 7) is 2.59. The fourth-order valence-corrected chi connectivity index (χ4v) is 3.91. The second-order valence-electron chi connectivity index (χ2n) is 6.02. The molecule has 104 valence electrons. The van der Waals surface area contributed by atoms with E-state index in [0.29, 0.717) is 12.1 Å². The molecule has 2 nitrogen and oxygen atoms in total. The first kappa shape index (κ1) is 13.1. The molecule has 1 aromatic carbocycles. The fraction of sp³-hybridized carbons (Fsp3) is 0.647. The zero-order valence-corrected chi connectivity index (χ0v) is 12.1. The molecule has 1 aromatic rings. The average Bonchev–Trinajstić information content (AvgIpc) is 2.75. The van der Waals surface area contributed by atoms with Crippen molar-refractivity contribution in [2.24, 2.45) is 0 Å². The molecular formula is C17H26N2. The van der Waals surface area contributed by atoms with Gasteiger partial charge in [-0.25, -0.2) is 0 Å². The lowest BCUT2D eigenvalue weighted by Gasteiger charge is -2.40. The number of rotatable bonds is 2. The summed E-state index contributed by atoms with van der Waals surface area (Å²) in [5.74, 6) is 0. The van der Waals surface area contributed by atoms with E-state index in [1.54, 1.807) is 5.56 Å². The van der Waals surface area contributed by atoms with Crippen molar-refractivity contribution < 1.29 is 0 Å². The Labute approximate surface area is 117 Å². The van der Waals surface area contributed by atoms with Crippen molar-refractivity contribution in [3.8, 4) is 0 Å². The highest BCUT2D eigenvalue weighted by molar-refractivity contribution is 5.34. The van der Waals surface area contributed by atoms with E-state index < -0.39 is 0 Å². The number of hydrogen-bond donors (Lipinski definition) is 1. The van der Waals surface area contributed by atoms with E-state index in [-0.39, 0.29) is 0 Å². The second-order valence-corrected chi connectivity index (χ2v) is 6.02. The molecule has 0 aromatic heterocycles. The van der Waals surface area contributed by atoms with Crippen LogP contribution in [-0.4, -0.2) is 31.1 Å². The Kier molecular flexibility index (Phi) is 4.19. The predicted molar refractivity (Wildman–Crippen MR) is 80.4 cm³/mol. The van der Waals surface area contributed by atoms with Gasteiger partial charge in [0.1, 0.15) is 0 Å². The van der Waals surface area contributed by atoms with Crippen molar-refractivity contribution >= 4 is 0 Å². The highest BCUT2D eigenvalue weighted by Gasteiger charge is 2.32. The Balaban J connectivity index is 1.82. The maximum absolute atomic E-state index is 3.59. The first-order valence-electron chi connectivity index (χ1n) is 7.89. The number of nitrogens with one attached hydrogen (secondary N) is 1. The van der Waals surface area contributed by atoms with Crippen molar-refractivity contribution in [3.63, 3.8) is 0 Å². The molecule has 0 radical (unpaired) electrons. The van der Waals surface area contributed by atoms with Crippen molar-refractivity contribution in [2.45, 2.75) is 50.6 Å². The highest BCUT2D eigenvalue weighted by Crippen LogP contribution is 2.33. The minimum atomic E-state index is 0.517. The van der Waals surface area contributed by atoms with Gasteiger partial charge in [0.05, 0.1) is 0 Å². The largest absolute Gasteiger partial charge is 0.312 e. The van der Waals surface area contributed by atoms with E-state index >= 15 is 0 Å². The van der Waals surface area contributed by atoms with E-state index in [0.717, 1.165) is 0 Å². The molecule has 2 unspecified atom stereocenters. The number of benzene rings is 1. The first-order valence-corrected chi connectivity index (χ1v) is 7.89. The van der Waals surface area contributed by atoms with Gasteiger partial charge in [0.15, 0.2) is 0 Å². The molecule has 2 atom stereocenters. The lowest BCUT2D eigenvalue weighted by molar-refractivity contribution is 0.148. The van der Waals surface area contributed by atoms with Gasteiger partial charge >= 0.3 is 0 Å². The summed E-state index contributed by atoms with van der Waals surface area (Å²) in [6, 6.07) is 10.2. The number of hydrogen-bond acceptors (Lipinski definition) is 2. The Morgan fingerprint density at radius 1 is 1.05 bits per heavy atom. The monoisotopic (exact) mass is 258 g/mol. The number of nitrogens with zero attached hydrogens (tertiary/aromatic N) is 1. The molecule has 1 N–H and O–H groups in total. The molecule has 2 heteroatoms. The van der Waals surface area contributed by atoms with Gasteiger partial charge < -0.3 is 5.32 Å². The summed E-state index contributed by atoms with van der Waals surface area (Å²) < 4.78 is 0. The maximum Gasteiger partial charge on any atom is 0.0478 e. The van der Waals surface area contributed by atoms with E-state index in [4.69, 9.17) is 0 Å². The van der Waals surface area contributed by atoms with Gasteiger partial charge in [-0.1, -0.05) is 37.1 Å². The van der Waals surface area contributed by atoms with Crippen LogP contribution in [0.4, 0.5) is 0 Å². The minimum absolute atomic E-state index is 0.517. The molecule has 2 aliphatic rings. The van der Waals surface area contributed by atoms with Crippen LogP contribution < -0.4 is 5.32 Å². The quantitative estimate of drug-likeness (QED) is 0.876. The van der Waals surface area contributed by atoms with Gasteiger partial charge in [-0.05, 0) is 56.9 Å². The van der Waals surface area contributed by atoms with E-state index in [1.165, 1.54) is 57.2 Å². The fourth-order valence-electron chi connectivity index (χ4n) is 3.91. The molecular weight excluding hydrogens is 232 g/mol. The van der Waals surface area contributed by atoms with Crippen LogP contribution in [0.1, 0.15) is 49.3 Å². The van der Waals surface area contributed by atoms with Gasteiger partial charge in [0.2, 0.25) is 0 Å². The molecule has 1 aliphatic carbocycles. The molecule has 1 saturated heterocycles. The van der Waals surface area contributed by atoms with Crippen LogP contribution in [0.3, 0.4) is 0 Å². The topological polar surface area (TPSA) is 15.3 Å². The summed E-state index contributed by atoms with van der Waals surface area (Å²) in [5.41, 5.74) is 3.08. The Bertz CT molecular complexity index is 407. The normalized spacial score (nSPS) is 28.7. The molecule has 0 saturated carbocycles. The maximum atomic E-state index is 3.59. The Hall–Kier alpha value is -0.860. The summed E-state index contributed by atoms with van der Waals surface area (Å²) in [7, 11) is 2.12. The first-order chi connectivity index (χ1) is 9.40. The molecule has 0 spiro atoms. The van der Waals surface area contributed by atoms with Gasteiger partial charge in [0.25, 0.3) is 0 Å². The minimum Gasteiger partial charge on any atom is -0.312 e. The third-order valence-electron chi connectivity index (χ3n) is 4.91. The SMILES string of the molecule is CNC1c2ccccc2CCC1N1CCCCCC1. The number of likely N-dealkylation sites (N-methyl/N-ethyl adjacent to an activating group) is 1. The molecule has 1 fully saturated rings. The van der Waals surface area contributed by atoms with Crippen LogP contribution in [0.5, 0.6) is 0 Å². The Morgan fingerprint density at radius 3 is 2.53 bits per heavy atom. The highest BCUT2D eigenvalue weighted by atomic mass is 15.2. The molecule has 1 aliphatic heterocycles. The van der Waals surface area contributed by atoms with E-state index in [9.17, 15) is 0 Å². The Morgan fingerprint density at radius 2 is 1.79 bits per heavy atom. The van der Waals surface area contributed by atoms with Crippen LogP contribution in [0, 0.1) is 0 Å². The van der Waals surface area contributed by atoms with E-state index in [2.05, 4.69) is 41.5 Å². The molecule has 3 rings (SSSR count). The average molecular weight is 258 g/mol. The number of likely N-dealkylation sites (tertiary alicyclic amines) is 1. The van der Waals surface area contributed by atoms with E-state index in [1.807, 2.05) is 0 Å². The second kappa shape index (κ2) is 6.06. The zero-order valence-electron chi connectivity index (χ0n) is 12.1. The van der Waals surface area contributed by atoms with Gasteiger partial charge in [-0.3, -0.25) is 4.90 Å². The van der Waals surface area contributed by atoms with Crippen LogP contribution >= 0.6 is 0 Å². The molecule has 0 amide bonds. The summed E-state index contributed by atoms with van der Waals surface area (Å²) >= 11 is 0. The number of aryl methyl sites for hydroxylation is 1. The third kappa shape index (κ3) is 2.70. The molecule has 19 heavy (non-hydrogen) atoms. The molecule has 1 heterocycles. The number of fused-ring (bicyclic) bond motifs is 1. The van der Waals surface area contributed by atoms with Crippen molar-refractivity contribution in [1.82, 2.24) is 10.2 Å².